The van der Waals surface area contributed by atoms with Gasteiger partial charge in [-0.1, -0.05) is 15.9 Å². The second kappa shape index (κ2) is 4.51. The van der Waals surface area contributed by atoms with E-state index >= 15 is 0 Å². The third kappa shape index (κ3) is 2.13. The van der Waals surface area contributed by atoms with Crippen LogP contribution in [0.2, 0.25) is 0 Å². The minimum absolute atomic E-state index is 0.256. The SMILES string of the molecule is O=C(O)c1ccc2ncn(-c3ccc(Br)cc3)c2c1. The van der Waals surface area contributed by atoms with Gasteiger partial charge in [0.25, 0.3) is 0 Å². The molecule has 19 heavy (non-hydrogen) atoms. The van der Waals surface area contributed by atoms with Crippen LogP contribution in [0.5, 0.6) is 0 Å². The fourth-order valence-corrected chi connectivity index (χ4v) is 2.21. The summed E-state index contributed by atoms with van der Waals surface area (Å²) in [6.07, 6.45) is 1.69. The second-order valence-corrected chi connectivity index (χ2v) is 5.02. The van der Waals surface area contributed by atoms with Crippen molar-refractivity contribution in [2.75, 3.05) is 0 Å². The first-order chi connectivity index (χ1) is 9.15. The molecule has 0 spiro atoms. The summed E-state index contributed by atoms with van der Waals surface area (Å²) in [6.45, 7) is 0. The molecule has 0 aliphatic carbocycles. The fraction of sp³-hybridized carbons (Fsp3) is 0. The zero-order valence-corrected chi connectivity index (χ0v) is 11.3. The molecule has 0 saturated carbocycles. The molecule has 0 atom stereocenters. The first-order valence-corrected chi connectivity index (χ1v) is 6.41. The number of aromatic carboxylic acids is 1. The molecular formula is C14H9BrN2O2. The Hall–Kier alpha value is -2.14. The van der Waals surface area contributed by atoms with Gasteiger partial charge in [-0.3, -0.25) is 4.57 Å². The van der Waals surface area contributed by atoms with E-state index < -0.39 is 5.97 Å². The van der Waals surface area contributed by atoms with Crippen LogP contribution in [0.3, 0.4) is 0 Å². The second-order valence-electron chi connectivity index (χ2n) is 4.10. The Balaban J connectivity index is 2.21. The number of aromatic nitrogens is 2. The van der Waals surface area contributed by atoms with E-state index in [0.717, 1.165) is 21.2 Å². The summed E-state index contributed by atoms with van der Waals surface area (Å²) < 4.78 is 2.86. The zero-order valence-electron chi connectivity index (χ0n) is 9.75. The average Bonchev–Trinajstić information content (AvgIpc) is 2.82. The molecule has 0 saturated heterocycles. The monoisotopic (exact) mass is 316 g/mol. The number of carbonyl (C=O) groups is 1. The van der Waals surface area contributed by atoms with Gasteiger partial charge >= 0.3 is 5.97 Å². The third-order valence-corrected chi connectivity index (χ3v) is 3.43. The summed E-state index contributed by atoms with van der Waals surface area (Å²) in [5.41, 5.74) is 2.75. The molecule has 3 rings (SSSR count). The van der Waals surface area contributed by atoms with Gasteiger partial charge < -0.3 is 5.11 Å². The molecule has 0 aliphatic heterocycles. The van der Waals surface area contributed by atoms with Crippen molar-refractivity contribution in [2.45, 2.75) is 0 Å². The van der Waals surface area contributed by atoms with E-state index in [1.807, 2.05) is 28.8 Å². The minimum atomic E-state index is -0.939. The summed E-state index contributed by atoms with van der Waals surface area (Å²) in [5.74, 6) is -0.939. The number of imidazole rings is 1. The van der Waals surface area contributed by atoms with E-state index in [1.54, 1.807) is 24.5 Å². The number of benzene rings is 2. The Labute approximate surface area is 117 Å². The number of fused-ring (bicyclic) bond motifs is 1. The number of carboxylic acid groups (broad SMARTS) is 1. The molecule has 0 aliphatic rings. The highest BCUT2D eigenvalue weighted by Gasteiger charge is 2.09. The lowest BCUT2D eigenvalue weighted by Gasteiger charge is -2.04. The van der Waals surface area contributed by atoms with Gasteiger partial charge in [-0.15, -0.1) is 0 Å². The predicted octanol–water partition coefficient (Wildman–Crippen LogP) is 3.49. The van der Waals surface area contributed by atoms with Crippen molar-refractivity contribution < 1.29 is 9.90 Å². The van der Waals surface area contributed by atoms with Crippen LogP contribution in [-0.2, 0) is 0 Å². The Morgan fingerprint density at radius 2 is 1.89 bits per heavy atom. The van der Waals surface area contributed by atoms with E-state index in [4.69, 9.17) is 5.11 Å². The van der Waals surface area contributed by atoms with Crippen molar-refractivity contribution in [1.82, 2.24) is 9.55 Å². The molecule has 1 aromatic heterocycles. The molecule has 0 bridgehead atoms. The Morgan fingerprint density at radius 1 is 1.16 bits per heavy atom. The smallest absolute Gasteiger partial charge is 0.335 e. The summed E-state index contributed by atoms with van der Waals surface area (Å²) in [6, 6.07) is 12.7. The number of nitrogens with zero attached hydrogens (tertiary/aromatic N) is 2. The van der Waals surface area contributed by atoms with Crippen LogP contribution in [0.4, 0.5) is 0 Å². The van der Waals surface area contributed by atoms with Crippen molar-refractivity contribution in [2.24, 2.45) is 0 Å². The van der Waals surface area contributed by atoms with E-state index in [-0.39, 0.29) is 5.56 Å². The molecule has 1 N–H and O–H groups in total. The normalized spacial score (nSPS) is 10.8. The van der Waals surface area contributed by atoms with Crippen LogP contribution in [0, 0.1) is 0 Å². The van der Waals surface area contributed by atoms with Crippen LogP contribution < -0.4 is 0 Å². The van der Waals surface area contributed by atoms with E-state index in [2.05, 4.69) is 20.9 Å². The van der Waals surface area contributed by atoms with Gasteiger partial charge in [0, 0.05) is 10.2 Å². The van der Waals surface area contributed by atoms with Crippen molar-refractivity contribution >= 4 is 32.9 Å². The van der Waals surface area contributed by atoms with Gasteiger partial charge in [0.15, 0.2) is 0 Å². The Bertz CT molecular complexity index is 763. The zero-order chi connectivity index (χ0) is 13.4. The lowest BCUT2D eigenvalue weighted by molar-refractivity contribution is 0.0697. The number of rotatable bonds is 2. The van der Waals surface area contributed by atoms with Gasteiger partial charge in [-0.2, -0.15) is 0 Å². The Morgan fingerprint density at radius 3 is 2.58 bits per heavy atom. The van der Waals surface area contributed by atoms with Crippen molar-refractivity contribution in [1.29, 1.82) is 0 Å². The molecule has 5 heteroatoms. The van der Waals surface area contributed by atoms with Gasteiger partial charge in [0.05, 0.1) is 16.6 Å². The third-order valence-electron chi connectivity index (χ3n) is 2.90. The molecule has 0 fully saturated rings. The molecule has 1 heterocycles. The van der Waals surface area contributed by atoms with Crippen molar-refractivity contribution in [3.63, 3.8) is 0 Å². The summed E-state index contributed by atoms with van der Waals surface area (Å²) in [4.78, 5) is 15.3. The summed E-state index contributed by atoms with van der Waals surface area (Å²) >= 11 is 3.39. The largest absolute Gasteiger partial charge is 0.478 e. The number of carboxylic acids is 1. The summed E-state index contributed by atoms with van der Waals surface area (Å²) in [7, 11) is 0. The molecule has 0 radical (unpaired) electrons. The van der Waals surface area contributed by atoms with Crippen LogP contribution in [0.1, 0.15) is 10.4 Å². The lowest BCUT2D eigenvalue weighted by Crippen LogP contribution is -1.97. The molecule has 0 amide bonds. The molecule has 94 valence electrons. The van der Waals surface area contributed by atoms with Crippen molar-refractivity contribution in [3.8, 4) is 5.69 Å². The van der Waals surface area contributed by atoms with Gasteiger partial charge in [-0.05, 0) is 42.5 Å². The average molecular weight is 317 g/mol. The predicted molar refractivity (Wildman–Crippen MR) is 75.7 cm³/mol. The van der Waals surface area contributed by atoms with Gasteiger partial charge in [-0.25, -0.2) is 9.78 Å². The molecule has 0 unspecified atom stereocenters. The molecular weight excluding hydrogens is 308 g/mol. The molecule has 2 aromatic carbocycles. The maximum Gasteiger partial charge on any atom is 0.335 e. The fourth-order valence-electron chi connectivity index (χ4n) is 1.95. The number of hydrogen-bond acceptors (Lipinski definition) is 2. The highest BCUT2D eigenvalue weighted by molar-refractivity contribution is 9.10. The van der Waals surface area contributed by atoms with Crippen LogP contribution in [0.25, 0.3) is 16.7 Å². The quantitative estimate of drug-likeness (QED) is 0.787. The first kappa shape index (κ1) is 11.9. The lowest BCUT2D eigenvalue weighted by atomic mass is 10.2. The topological polar surface area (TPSA) is 55.1 Å². The van der Waals surface area contributed by atoms with E-state index in [9.17, 15) is 4.79 Å². The van der Waals surface area contributed by atoms with E-state index in [1.165, 1.54) is 0 Å². The maximum absolute atomic E-state index is 11.0. The van der Waals surface area contributed by atoms with Gasteiger partial charge in [0.1, 0.15) is 6.33 Å². The van der Waals surface area contributed by atoms with Crippen LogP contribution in [-0.4, -0.2) is 20.6 Å². The minimum Gasteiger partial charge on any atom is -0.478 e. The molecule has 3 aromatic rings. The molecule has 4 nitrogen and oxygen atoms in total. The highest BCUT2D eigenvalue weighted by atomic mass is 79.9. The number of halogens is 1. The van der Waals surface area contributed by atoms with Gasteiger partial charge in [0.2, 0.25) is 0 Å². The summed E-state index contributed by atoms with van der Waals surface area (Å²) in [5, 5.41) is 9.04. The van der Waals surface area contributed by atoms with Crippen LogP contribution in [0.15, 0.2) is 53.3 Å². The van der Waals surface area contributed by atoms with Crippen LogP contribution >= 0.6 is 15.9 Å². The highest BCUT2D eigenvalue weighted by Crippen LogP contribution is 2.21. The Kier molecular flexibility index (Phi) is 2.83. The first-order valence-electron chi connectivity index (χ1n) is 5.61. The number of hydrogen-bond donors (Lipinski definition) is 1. The standard InChI is InChI=1S/C14H9BrN2O2/c15-10-2-4-11(5-3-10)17-8-16-12-6-1-9(14(18)19)7-13(12)17/h1-8H,(H,18,19). The van der Waals surface area contributed by atoms with E-state index in [0.29, 0.717) is 0 Å². The maximum atomic E-state index is 11.0. The van der Waals surface area contributed by atoms with Crippen molar-refractivity contribution in [3.05, 3.63) is 58.8 Å².